The number of rotatable bonds is 7. The summed E-state index contributed by atoms with van der Waals surface area (Å²) in [5, 5.41) is 15.0. The number of benzene rings is 1. The van der Waals surface area contributed by atoms with E-state index in [-0.39, 0.29) is 24.0 Å². The Morgan fingerprint density at radius 2 is 2.03 bits per heavy atom. The molecule has 12 heteroatoms. The molecule has 0 spiro atoms. The first-order valence-electron chi connectivity index (χ1n) is 8.99. The van der Waals surface area contributed by atoms with Crippen LogP contribution in [0.15, 0.2) is 48.8 Å². The van der Waals surface area contributed by atoms with E-state index in [1.54, 1.807) is 35.0 Å². The first-order chi connectivity index (χ1) is 14.9. The minimum atomic E-state index is -0.602. The molecule has 3 heterocycles. The number of nitro groups is 1. The van der Waals surface area contributed by atoms with Gasteiger partial charge in [0.15, 0.2) is 0 Å². The number of nitrogen functional groups attached to an aromatic ring is 1. The molecule has 4 aromatic rings. The van der Waals surface area contributed by atoms with Crippen molar-refractivity contribution in [2.45, 2.75) is 0 Å². The number of anilines is 2. The number of nitrogens with two attached hydrogens (primary N) is 1. The minimum Gasteiger partial charge on any atom is -0.476 e. The van der Waals surface area contributed by atoms with Crippen LogP contribution >= 0.6 is 23.2 Å². The predicted molar refractivity (Wildman–Crippen MR) is 118 cm³/mol. The maximum Gasteiger partial charge on any atom is 0.311 e. The summed E-state index contributed by atoms with van der Waals surface area (Å²) < 4.78 is 7.31. The molecule has 3 aromatic heterocycles. The van der Waals surface area contributed by atoms with E-state index in [4.69, 9.17) is 33.7 Å². The molecule has 1 aromatic carbocycles. The lowest BCUT2D eigenvalue weighted by atomic mass is 10.1. The lowest BCUT2D eigenvalue weighted by Crippen LogP contribution is -2.15. The average Bonchev–Trinajstić information content (AvgIpc) is 3.19. The Bertz CT molecular complexity index is 1280. The van der Waals surface area contributed by atoms with E-state index in [1.807, 2.05) is 6.07 Å². The largest absolute Gasteiger partial charge is 0.476 e. The Kier molecular flexibility index (Phi) is 5.74. The second-order valence-electron chi connectivity index (χ2n) is 6.33. The van der Waals surface area contributed by atoms with Gasteiger partial charge >= 0.3 is 5.69 Å². The van der Waals surface area contributed by atoms with Gasteiger partial charge in [0.25, 0.3) is 0 Å². The zero-order valence-electron chi connectivity index (χ0n) is 15.8. The van der Waals surface area contributed by atoms with Gasteiger partial charge in [-0.25, -0.2) is 9.97 Å². The number of pyridine rings is 1. The van der Waals surface area contributed by atoms with Gasteiger partial charge in [0.1, 0.15) is 12.3 Å². The van der Waals surface area contributed by atoms with E-state index in [0.29, 0.717) is 33.9 Å². The second-order valence-corrected chi connectivity index (χ2v) is 7.17. The summed E-state index contributed by atoms with van der Waals surface area (Å²) in [6.45, 7) is 0.588. The van der Waals surface area contributed by atoms with E-state index < -0.39 is 4.92 Å². The third kappa shape index (κ3) is 4.44. The number of hydrogen-bond acceptors (Lipinski definition) is 8. The Morgan fingerprint density at radius 3 is 2.77 bits per heavy atom. The van der Waals surface area contributed by atoms with Gasteiger partial charge in [-0.2, -0.15) is 4.98 Å². The van der Waals surface area contributed by atoms with Crippen molar-refractivity contribution < 1.29 is 9.66 Å². The van der Waals surface area contributed by atoms with Crippen LogP contribution in [0.5, 0.6) is 5.88 Å². The van der Waals surface area contributed by atoms with Crippen LogP contribution in [-0.4, -0.2) is 37.4 Å². The molecular weight excluding hydrogens is 445 g/mol. The van der Waals surface area contributed by atoms with Crippen LogP contribution in [-0.2, 0) is 0 Å². The molecule has 0 aliphatic carbocycles. The van der Waals surface area contributed by atoms with Crippen molar-refractivity contribution in [3.05, 3.63) is 69.0 Å². The summed E-state index contributed by atoms with van der Waals surface area (Å²) in [7, 11) is 0. The van der Waals surface area contributed by atoms with Gasteiger partial charge in [-0.3, -0.25) is 14.5 Å². The Hall–Kier alpha value is -3.63. The van der Waals surface area contributed by atoms with Gasteiger partial charge in [0.05, 0.1) is 22.2 Å². The molecule has 0 atom stereocenters. The van der Waals surface area contributed by atoms with Crippen molar-refractivity contribution >= 4 is 46.3 Å². The highest BCUT2D eigenvalue weighted by Crippen LogP contribution is 2.30. The molecule has 0 saturated carbocycles. The molecule has 0 radical (unpaired) electrons. The number of fused-ring (bicyclic) bond motifs is 1. The van der Waals surface area contributed by atoms with Crippen LogP contribution in [0.2, 0.25) is 10.0 Å². The molecule has 0 bridgehead atoms. The van der Waals surface area contributed by atoms with Crippen LogP contribution < -0.4 is 15.8 Å². The first-order valence-corrected chi connectivity index (χ1v) is 9.75. The van der Waals surface area contributed by atoms with E-state index in [1.165, 1.54) is 12.1 Å². The standard InChI is InChI=1S/C19H15Cl2N7O3/c20-11-1-2-12(13(21)9-11)14-10-16-23-5-7-27(16)19(25-14)24-6-8-31-17-4-3-15(28(29)30)18(22)26-17/h1-5,7,9-10H,6,8H2,(H2,22,26)(H,24,25). The van der Waals surface area contributed by atoms with Crippen LogP contribution in [0.1, 0.15) is 0 Å². The molecule has 0 fully saturated rings. The molecular formula is C19H15Cl2N7O3. The zero-order chi connectivity index (χ0) is 22.0. The van der Waals surface area contributed by atoms with Crippen molar-refractivity contribution in [2.24, 2.45) is 0 Å². The summed E-state index contributed by atoms with van der Waals surface area (Å²) in [6, 6.07) is 9.65. The fourth-order valence-corrected chi connectivity index (χ4v) is 3.39. The van der Waals surface area contributed by atoms with Crippen molar-refractivity contribution in [1.29, 1.82) is 0 Å². The summed E-state index contributed by atoms with van der Waals surface area (Å²) in [5.74, 6) is 0.521. The number of aromatic nitrogens is 4. The van der Waals surface area contributed by atoms with E-state index in [2.05, 4.69) is 20.3 Å². The molecule has 3 N–H and O–H groups in total. The fourth-order valence-electron chi connectivity index (χ4n) is 2.89. The molecule has 0 saturated heterocycles. The molecule has 0 unspecified atom stereocenters. The van der Waals surface area contributed by atoms with Crippen molar-refractivity contribution in [3.8, 4) is 17.1 Å². The normalized spacial score (nSPS) is 10.9. The third-order valence-electron chi connectivity index (χ3n) is 4.31. The zero-order valence-corrected chi connectivity index (χ0v) is 17.3. The van der Waals surface area contributed by atoms with Crippen LogP contribution in [0.25, 0.3) is 16.9 Å². The lowest BCUT2D eigenvalue weighted by Gasteiger charge is -2.12. The van der Waals surface area contributed by atoms with Gasteiger partial charge in [-0.15, -0.1) is 0 Å². The Labute approximate surface area is 185 Å². The number of halogens is 2. The molecule has 0 aliphatic heterocycles. The van der Waals surface area contributed by atoms with Crippen molar-refractivity contribution in [1.82, 2.24) is 19.4 Å². The van der Waals surface area contributed by atoms with E-state index in [9.17, 15) is 10.1 Å². The number of nitrogens with zero attached hydrogens (tertiary/aromatic N) is 5. The average molecular weight is 460 g/mol. The molecule has 10 nitrogen and oxygen atoms in total. The number of hydrogen-bond donors (Lipinski definition) is 2. The predicted octanol–water partition coefficient (Wildman–Crippen LogP) is 4.08. The maximum absolute atomic E-state index is 10.8. The quantitative estimate of drug-likeness (QED) is 0.239. The molecule has 158 valence electrons. The highest BCUT2D eigenvalue weighted by atomic mass is 35.5. The van der Waals surface area contributed by atoms with E-state index in [0.717, 1.165) is 5.56 Å². The number of nitrogens with one attached hydrogen (secondary N) is 1. The van der Waals surface area contributed by atoms with Crippen LogP contribution in [0.4, 0.5) is 17.5 Å². The second kappa shape index (κ2) is 8.62. The molecule has 31 heavy (non-hydrogen) atoms. The van der Waals surface area contributed by atoms with Gasteiger partial charge in [-0.05, 0) is 18.2 Å². The van der Waals surface area contributed by atoms with Gasteiger partial charge in [-0.1, -0.05) is 23.2 Å². The van der Waals surface area contributed by atoms with Crippen LogP contribution in [0.3, 0.4) is 0 Å². The number of imidazole rings is 1. The van der Waals surface area contributed by atoms with Gasteiger partial charge in [0, 0.05) is 41.2 Å². The monoisotopic (exact) mass is 459 g/mol. The summed E-state index contributed by atoms with van der Waals surface area (Å²) >= 11 is 12.3. The molecule has 4 rings (SSSR count). The van der Waals surface area contributed by atoms with Crippen molar-refractivity contribution in [2.75, 3.05) is 24.2 Å². The fraction of sp³-hybridized carbons (Fsp3) is 0.105. The summed E-state index contributed by atoms with van der Waals surface area (Å²) in [5.41, 5.74) is 7.35. The molecule has 0 aliphatic rings. The van der Waals surface area contributed by atoms with E-state index >= 15 is 0 Å². The van der Waals surface area contributed by atoms with Crippen LogP contribution in [0, 0.1) is 10.1 Å². The minimum absolute atomic E-state index is 0.187. The highest BCUT2D eigenvalue weighted by Gasteiger charge is 2.14. The Morgan fingerprint density at radius 1 is 1.19 bits per heavy atom. The third-order valence-corrected chi connectivity index (χ3v) is 4.85. The first kappa shape index (κ1) is 20.6. The maximum atomic E-state index is 10.8. The number of ether oxygens (including phenoxy) is 1. The summed E-state index contributed by atoms with van der Waals surface area (Å²) in [6.07, 6.45) is 3.44. The molecule has 0 amide bonds. The van der Waals surface area contributed by atoms with Gasteiger partial charge < -0.3 is 15.8 Å². The lowest BCUT2D eigenvalue weighted by molar-refractivity contribution is -0.384. The SMILES string of the molecule is Nc1nc(OCCNc2nc(-c3ccc(Cl)cc3Cl)cc3nccn23)ccc1[N+](=O)[O-]. The highest BCUT2D eigenvalue weighted by molar-refractivity contribution is 6.36. The smallest absolute Gasteiger partial charge is 0.311 e. The van der Waals surface area contributed by atoms with Crippen molar-refractivity contribution in [3.63, 3.8) is 0 Å². The topological polar surface area (TPSA) is 134 Å². The Balaban J connectivity index is 1.49. The summed E-state index contributed by atoms with van der Waals surface area (Å²) in [4.78, 5) is 23.1. The van der Waals surface area contributed by atoms with Gasteiger partial charge in [0.2, 0.25) is 17.6 Å².